The van der Waals surface area contributed by atoms with Crippen molar-refractivity contribution in [3.8, 4) is 0 Å². The summed E-state index contributed by atoms with van der Waals surface area (Å²) in [6.45, 7) is 0.350. The van der Waals surface area contributed by atoms with Crippen molar-refractivity contribution in [3.63, 3.8) is 0 Å². The molecule has 1 aliphatic heterocycles. The summed E-state index contributed by atoms with van der Waals surface area (Å²) in [5, 5.41) is 8.31. The molecule has 42 valence electrons. The molecule has 0 amide bonds. The van der Waals surface area contributed by atoms with Gasteiger partial charge in [0.05, 0.1) is 0 Å². The van der Waals surface area contributed by atoms with Gasteiger partial charge >= 0.3 is 0 Å². The fourth-order valence-electron chi connectivity index (χ4n) is 0.324. The third kappa shape index (κ3) is 1.05. The number of hydrogen-bond donors (Lipinski definition) is 1. The Morgan fingerprint density at radius 3 is 2.71 bits per heavy atom. The summed E-state index contributed by atoms with van der Waals surface area (Å²) in [7, 11) is 0. The molecule has 0 radical (unpaired) electrons. The molecule has 1 saturated heterocycles. The van der Waals surface area contributed by atoms with Crippen molar-refractivity contribution in [3.05, 3.63) is 0 Å². The van der Waals surface area contributed by atoms with Gasteiger partial charge in [-0.25, -0.2) is 10.0 Å². The monoisotopic (exact) mass is 123 g/mol. The number of hydrogen-bond acceptors (Lipinski definition) is 4. The standard InChI is InChI=1S/C2H5NO3S/c4-3-6-1-2-7(3)5/h4H,1-2H2/t7-/m1/s1. The Balaban J connectivity index is 2.33. The molecule has 1 aliphatic rings. The second kappa shape index (κ2) is 1.97. The van der Waals surface area contributed by atoms with E-state index < -0.39 is 11.4 Å². The van der Waals surface area contributed by atoms with Gasteiger partial charge in [0.1, 0.15) is 22.6 Å². The zero-order valence-electron chi connectivity index (χ0n) is 3.53. The van der Waals surface area contributed by atoms with Crippen molar-refractivity contribution in [1.29, 1.82) is 0 Å². The molecule has 0 aromatic carbocycles. The first-order valence-corrected chi connectivity index (χ1v) is 3.08. The SMILES string of the molecule is [O-][S@+]1CCON1O. The third-order valence-electron chi connectivity index (χ3n) is 0.634. The van der Waals surface area contributed by atoms with Gasteiger partial charge in [-0.2, -0.15) is 0 Å². The van der Waals surface area contributed by atoms with E-state index in [1.165, 1.54) is 0 Å². The molecule has 4 nitrogen and oxygen atoms in total. The number of rotatable bonds is 0. The van der Waals surface area contributed by atoms with E-state index in [0.29, 0.717) is 17.0 Å². The van der Waals surface area contributed by atoms with E-state index in [9.17, 15) is 4.55 Å². The van der Waals surface area contributed by atoms with Crippen LogP contribution in [0.3, 0.4) is 0 Å². The molecule has 0 spiro atoms. The lowest BCUT2D eigenvalue weighted by Gasteiger charge is -2.02. The van der Waals surface area contributed by atoms with Crippen LogP contribution in [0.25, 0.3) is 0 Å². The Morgan fingerprint density at radius 1 is 1.86 bits per heavy atom. The van der Waals surface area contributed by atoms with Gasteiger partial charge < -0.3 is 4.55 Å². The summed E-state index contributed by atoms with van der Waals surface area (Å²) >= 11 is -1.30. The van der Waals surface area contributed by atoms with E-state index in [4.69, 9.17) is 5.21 Å². The van der Waals surface area contributed by atoms with Gasteiger partial charge in [-0.15, -0.1) is 0 Å². The second-order valence-corrected chi connectivity index (χ2v) is 2.46. The molecule has 0 saturated carbocycles. The Morgan fingerprint density at radius 2 is 2.57 bits per heavy atom. The Bertz CT molecular complexity index is 62.0. The molecule has 0 aromatic rings. The van der Waals surface area contributed by atoms with Crippen LogP contribution in [0.5, 0.6) is 0 Å². The molecule has 0 aliphatic carbocycles. The van der Waals surface area contributed by atoms with Gasteiger partial charge in [-0.3, -0.25) is 0 Å². The van der Waals surface area contributed by atoms with Crippen molar-refractivity contribution >= 4 is 11.4 Å². The van der Waals surface area contributed by atoms with Crippen LogP contribution in [0.15, 0.2) is 0 Å². The minimum absolute atomic E-state index is 0.350. The normalized spacial score (nSPS) is 34.3. The van der Waals surface area contributed by atoms with Crippen LogP contribution in [0.4, 0.5) is 0 Å². The summed E-state index contributed by atoms with van der Waals surface area (Å²) in [5.41, 5.74) is 0. The molecule has 0 bridgehead atoms. The number of nitrogens with zero attached hydrogens (tertiary/aromatic N) is 1. The predicted octanol–water partition coefficient (Wildman–Crippen LogP) is -0.713. The Hall–Kier alpha value is 0.190. The zero-order valence-corrected chi connectivity index (χ0v) is 4.35. The van der Waals surface area contributed by atoms with Gasteiger partial charge in [0.2, 0.25) is 0 Å². The van der Waals surface area contributed by atoms with E-state index in [1.54, 1.807) is 0 Å². The summed E-state index contributed by atoms with van der Waals surface area (Å²) in [6, 6.07) is 0. The molecule has 1 fully saturated rings. The van der Waals surface area contributed by atoms with E-state index in [2.05, 4.69) is 4.84 Å². The molecular formula is C2H5NO3S. The smallest absolute Gasteiger partial charge is 0.156 e. The van der Waals surface area contributed by atoms with E-state index in [1.807, 2.05) is 0 Å². The maximum atomic E-state index is 10.2. The lowest BCUT2D eigenvalue weighted by Crippen LogP contribution is -2.19. The van der Waals surface area contributed by atoms with Crippen molar-refractivity contribution in [2.75, 3.05) is 12.4 Å². The summed E-state index contributed by atoms with van der Waals surface area (Å²) in [4.78, 5) is 4.35. The fourth-order valence-corrected chi connectivity index (χ4v) is 0.889. The van der Waals surface area contributed by atoms with Crippen LogP contribution in [0.1, 0.15) is 0 Å². The van der Waals surface area contributed by atoms with Gasteiger partial charge in [0.25, 0.3) is 0 Å². The highest BCUT2D eigenvalue weighted by atomic mass is 32.2. The first-order valence-electron chi connectivity index (χ1n) is 1.81. The van der Waals surface area contributed by atoms with Crippen molar-refractivity contribution in [2.45, 2.75) is 0 Å². The van der Waals surface area contributed by atoms with Crippen LogP contribution in [0.2, 0.25) is 0 Å². The quantitative estimate of drug-likeness (QED) is 0.432. The topological polar surface area (TPSA) is 55.8 Å². The maximum absolute atomic E-state index is 10.2. The van der Waals surface area contributed by atoms with Crippen LogP contribution in [-0.4, -0.2) is 26.8 Å². The van der Waals surface area contributed by atoms with Crippen LogP contribution < -0.4 is 0 Å². The summed E-state index contributed by atoms with van der Waals surface area (Å²) in [6.07, 6.45) is 0. The molecule has 1 atom stereocenters. The Kier molecular flexibility index (Phi) is 1.50. The van der Waals surface area contributed by atoms with E-state index >= 15 is 0 Å². The highest BCUT2D eigenvalue weighted by Crippen LogP contribution is 2.05. The van der Waals surface area contributed by atoms with E-state index in [-0.39, 0.29) is 0 Å². The van der Waals surface area contributed by atoms with Gasteiger partial charge in [0, 0.05) is 0 Å². The lowest BCUT2D eigenvalue weighted by atomic mass is 10.9. The van der Waals surface area contributed by atoms with Gasteiger partial charge in [-0.05, 0) is 0 Å². The van der Waals surface area contributed by atoms with Gasteiger partial charge in [-0.1, -0.05) is 0 Å². The predicted molar refractivity (Wildman–Crippen MR) is 22.6 cm³/mol. The molecule has 1 heterocycles. The third-order valence-corrected chi connectivity index (χ3v) is 1.60. The molecule has 0 aromatic heterocycles. The minimum atomic E-state index is -1.30. The van der Waals surface area contributed by atoms with Crippen molar-refractivity contribution < 1.29 is 14.6 Å². The first kappa shape index (κ1) is 5.33. The minimum Gasteiger partial charge on any atom is -0.594 e. The highest BCUT2D eigenvalue weighted by molar-refractivity contribution is 7.88. The Labute approximate surface area is 43.9 Å². The van der Waals surface area contributed by atoms with E-state index in [0.717, 1.165) is 0 Å². The van der Waals surface area contributed by atoms with Crippen molar-refractivity contribution in [1.82, 2.24) is 4.63 Å². The summed E-state index contributed by atoms with van der Waals surface area (Å²) in [5.74, 6) is 0.399. The average Bonchev–Trinajstić information content (AvgIpc) is 1.91. The lowest BCUT2D eigenvalue weighted by molar-refractivity contribution is -0.251. The van der Waals surface area contributed by atoms with Crippen LogP contribution in [-0.2, 0) is 16.2 Å². The van der Waals surface area contributed by atoms with Crippen LogP contribution in [0, 0.1) is 0 Å². The van der Waals surface area contributed by atoms with Crippen molar-refractivity contribution in [2.24, 2.45) is 0 Å². The largest absolute Gasteiger partial charge is 0.594 e. The fraction of sp³-hybridized carbons (Fsp3) is 1.00. The molecule has 5 heteroatoms. The zero-order chi connectivity index (χ0) is 5.28. The first-order chi connectivity index (χ1) is 3.30. The molecule has 0 unspecified atom stereocenters. The summed E-state index contributed by atoms with van der Waals surface area (Å²) < 4.78 is 10.6. The van der Waals surface area contributed by atoms with Crippen LogP contribution >= 0.6 is 0 Å². The molecule has 7 heavy (non-hydrogen) atoms. The molecular weight excluding hydrogens is 118 g/mol. The van der Waals surface area contributed by atoms with Gasteiger partial charge in [0.15, 0.2) is 5.75 Å². The highest BCUT2D eigenvalue weighted by Gasteiger charge is 2.25. The molecule has 1 rings (SSSR count). The average molecular weight is 123 g/mol. The maximum Gasteiger partial charge on any atom is 0.156 e. The second-order valence-electron chi connectivity index (χ2n) is 1.10. The molecule has 1 N–H and O–H groups in total.